The first kappa shape index (κ1) is 9.44. The normalized spacial score (nSPS) is 35.3. The minimum Gasteiger partial charge on any atom is -0.394 e. The van der Waals surface area contributed by atoms with Gasteiger partial charge in [0.25, 0.3) is 0 Å². The van der Waals surface area contributed by atoms with Gasteiger partial charge in [-0.05, 0) is 26.7 Å². The molecule has 0 aromatic heterocycles. The fraction of sp³-hybridized carbons (Fsp3) is 1.00. The van der Waals surface area contributed by atoms with E-state index in [9.17, 15) is 5.11 Å². The fourth-order valence-electron chi connectivity index (χ4n) is 2.54. The third kappa shape index (κ3) is 1.60. The number of fused-ring (bicyclic) bond motifs is 3. The third-order valence-electron chi connectivity index (χ3n) is 3.51. The van der Waals surface area contributed by atoms with Crippen molar-refractivity contribution >= 4 is 0 Å². The Kier molecular flexibility index (Phi) is 2.34. The Hall–Kier alpha value is -0.120. The largest absolute Gasteiger partial charge is 0.394 e. The highest BCUT2D eigenvalue weighted by atomic mass is 16.3. The van der Waals surface area contributed by atoms with Gasteiger partial charge in [-0.1, -0.05) is 0 Å². The predicted octanol–water partition coefficient (Wildman–Crippen LogP) is 0.193. The number of piperidine rings is 2. The van der Waals surface area contributed by atoms with Crippen molar-refractivity contribution in [3.8, 4) is 0 Å². The SMILES string of the molecule is CC(C)(CO)N1C[C@H]2CC[C@H]1CN2. The molecule has 3 nitrogen and oxygen atoms in total. The van der Waals surface area contributed by atoms with Crippen LogP contribution in [0.1, 0.15) is 26.7 Å². The van der Waals surface area contributed by atoms with Gasteiger partial charge in [0.15, 0.2) is 0 Å². The Morgan fingerprint density at radius 3 is 2.62 bits per heavy atom. The smallest absolute Gasteiger partial charge is 0.0610 e. The molecule has 0 radical (unpaired) electrons. The number of aliphatic hydroxyl groups is 1. The lowest BCUT2D eigenvalue weighted by molar-refractivity contribution is -0.0310. The summed E-state index contributed by atoms with van der Waals surface area (Å²) in [6.07, 6.45) is 2.60. The van der Waals surface area contributed by atoms with Gasteiger partial charge in [-0.15, -0.1) is 0 Å². The number of rotatable bonds is 2. The summed E-state index contributed by atoms with van der Waals surface area (Å²) in [5, 5.41) is 12.8. The Morgan fingerprint density at radius 1 is 1.46 bits per heavy atom. The minimum absolute atomic E-state index is 0.0363. The van der Waals surface area contributed by atoms with E-state index < -0.39 is 0 Å². The lowest BCUT2D eigenvalue weighted by Crippen LogP contribution is -2.67. The Morgan fingerprint density at radius 2 is 2.23 bits per heavy atom. The predicted molar refractivity (Wildman–Crippen MR) is 52.7 cm³/mol. The second-order valence-corrected chi connectivity index (χ2v) is 4.96. The molecule has 3 heterocycles. The van der Waals surface area contributed by atoms with E-state index in [0.29, 0.717) is 12.1 Å². The highest BCUT2D eigenvalue weighted by Crippen LogP contribution is 2.28. The van der Waals surface area contributed by atoms with E-state index in [-0.39, 0.29) is 12.1 Å². The lowest BCUT2D eigenvalue weighted by Gasteiger charge is -2.52. The van der Waals surface area contributed by atoms with Crippen molar-refractivity contribution in [3.05, 3.63) is 0 Å². The monoisotopic (exact) mass is 184 g/mol. The maximum Gasteiger partial charge on any atom is 0.0610 e. The molecule has 2 atom stereocenters. The van der Waals surface area contributed by atoms with Crippen LogP contribution >= 0.6 is 0 Å². The average molecular weight is 184 g/mol. The van der Waals surface area contributed by atoms with E-state index in [1.54, 1.807) is 0 Å². The van der Waals surface area contributed by atoms with Crippen LogP contribution in [0.15, 0.2) is 0 Å². The quantitative estimate of drug-likeness (QED) is 0.643. The molecule has 0 aromatic rings. The molecule has 0 saturated carbocycles. The molecule has 0 aromatic carbocycles. The van der Waals surface area contributed by atoms with Crippen molar-refractivity contribution in [3.63, 3.8) is 0 Å². The molecule has 0 aliphatic carbocycles. The first-order valence-electron chi connectivity index (χ1n) is 5.24. The van der Waals surface area contributed by atoms with Gasteiger partial charge in [0.05, 0.1) is 6.61 Å². The molecule has 13 heavy (non-hydrogen) atoms. The van der Waals surface area contributed by atoms with Crippen LogP contribution in [0.2, 0.25) is 0 Å². The second-order valence-electron chi connectivity index (χ2n) is 4.96. The average Bonchev–Trinajstić information content (AvgIpc) is 2.19. The molecule has 2 bridgehead atoms. The van der Waals surface area contributed by atoms with Gasteiger partial charge < -0.3 is 10.4 Å². The van der Waals surface area contributed by atoms with Crippen LogP contribution in [-0.2, 0) is 0 Å². The molecule has 0 unspecified atom stereocenters. The standard InChI is InChI=1S/C10H20N2O/c1-10(2,7-13)12-6-8-3-4-9(12)5-11-8/h8-9,11,13H,3-7H2,1-2H3/t8-,9+/m1/s1. The van der Waals surface area contributed by atoms with Gasteiger partial charge in [-0.3, -0.25) is 4.90 Å². The Bertz CT molecular complexity index is 185. The maximum absolute atomic E-state index is 9.31. The molecule has 0 spiro atoms. The zero-order chi connectivity index (χ0) is 9.47. The molecule has 3 heteroatoms. The van der Waals surface area contributed by atoms with E-state index in [1.807, 2.05) is 0 Å². The van der Waals surface area contributed by atoms with Crippen molar-refractivity contribution in [1.82, 2.24) is 10.2 Å². The molecule has 3 aliphatic rings. The van der Waals surface area contributed by atoms with Crippen LogP contribution in [0.25, 0.3) is 0 Å². The highest BCUT2D eigenvalue weighted by Gasteiger charge is 2.40. The van der Waals surface area contributed by atoms with Crippen LogP contribution in [0, 0.1) is 0 Å². The Balaban J connectivity index is 2.08. The number of hydrogen-bond acceptors (Lipinski definition) is 3. The van der Waals surface area contributed by atoms with E-state index in [1.165, 1.54) is 12.8 Å². The molecule has 2 N–H and O–H groups in total. The van der Waals surface area contributed by atoms with Gasteiger partial charge in [0, 0.05) is 30.7 Å². The first-order valence-corrected chi connectivity index (χ1v) is 5.24. The molecular formula is C10H20N2O. The Labute approximate surface area is 80.1 Å². The number of piperazine rings is 1. The summed E-state index contributed by atoms with van der Waals surface area (Å²) in [4.78, 5) is 2.47. The van der Waals surface area contributed by atoms with Gasteiger partial charge in [-0.25, -0.2) is 0 Å². The molecule has 3 saturated heterocycles. The van der Waals surface area contributed by atoms with Crippen molar-refractivity contribution < 1.29 is 5.11 Å². The third-order valence-corrected chi connectivity index (χ3v) is 3.51. The fourth-order valence-corrected chi connectivity index (χ4v) is 2.54. The molecule has 76 valence electrons. The molecule has 3 aliphatic heterocycles. The number of aliphatic hydroxyl groups excluding tert-OH is 1. The van der Waals surface area contributed by atoms with Crippen LogP contribution in [0.5, 0.6) is 0 Å². The van der Waals surface area contributed by atoms with Crippen molar-refractivity contribution in [2.75, 3.05) is 19.7 Å². The summed E-state index contributed by atoms with van der Waals surface area (Å²) in [7, 11) is 0. The summed E-state index contributed by atoms with van der Waals surface area (Å²) >= 11 is 0. The number of nitrogens with one attached hydrogen (secondary N) is 1. The molecule has 3 rings (SSSR count). The van der Waals surface area contributed by atoms with Crippen LogP contribution < -0.4 is 5.32 Å². The van der Waals surface area contributed by atoms with Gasteiger partial charge in [0.1, 0.15) is 0 Å². The van der Waals surface area contributed by atoms with E-state index in [2.05, 4.69) is 24.1 Å². The van der Waals surface area contributed by atoms with E-state index in [0.717, 1.165) is 13.1 Å². The molecular weight excluding hydrogens is 164 g/mol. The summed E-state index contributed by atoms with van der Waals surface area (Å²) in [5.41, 5.74) is -0.0363. The summed E-state index contributed by atoms with van der Waals surface area (Å²) < 4.78 is 0. The zero-order valence-electron chi connectivity index (χ0n) is 8.58. The van der Waals surface area contributed by atoms with Crippen LogP contribution in [0.4, 0.5) is 0 Å². The molecule has 0 amide bonds. The van der Waals surface area contributed by atoms with Gasteiger partial charge >= 0.3 is 0 Å². The minimum atomic E-state index is -0.0363. The zero-order valence-corrected chi connectivity index (χ0v) is 8.58. The highest BCUT2D eigenvalue weighted by molar-refractivity contribution is 4.98. The summed E-state index contributed by atoms with van der Waals surface area (Å²) in [5.74, 6) is 0. The van der Waals surface area contributed by atoms with Crippen molar-refractivity contribution in [2.45, 2.75) is 44.3 Å². The van der Waals surface area contributed by atoms with E-state index in [4.69, 9.17) is 0 Å². The second kappa shape index (κ2) is 3.23. The van der Waals surface area contributed by atoms with Crippen molar-refractivity contribution in [2.24, 2.45) is 0 Å². The van der Waals surface area contributed by atoms with Crippen molar-refractivity contribution in [1.29, 1.82) is 0 Å². The van der Waals surface area contributed by atoms with Crippen LogP contribution in [0.3, 0.4) is 0 Å². The maximum atomic E-state index is 9.31. The first-order chi connectivity index (χ1) is 6.13. The summed E-state index contributed by atoms with van der Waals surface area (Å²) in [6.45, 7) is 6.74. The lowest BCUT2D eigenvalue weighted by atomic mass is 9.88. The molecule has 3 fully saturated rings. The number of hydrogen-bond donors (Lipinski definition) is 2. The number of nitrogens with zero attached hydrogens (tertiary/aromatic N) is 1. The van der Waals surface area contributed by atoms with Crippen LogP contribution in [-0.4, -0.2) is 47.3 Å². The summed E-state index contributed by atoms with van der Waals surface area (Å²) in [6, 6.07) is 1.31. The topological polar surface area (TPSA) is 35.5 Å². The van der Waals surface area contributed by atoms with E-state index >= 15 is 0 Å². The van der Waals surface area contributed by atoms with Gasteiger partial charge in [-0.2, -0.15) is 0 Å². The van der Waals surface area contributed by atoms with Gasteiger partial charge in [0.2, 0.25) is 0 Å².